The average molecular weight is 287 g/mol. The van der Waals surface area contributed by atoms with Gasteiger partial charge in [0.2, 0.25) is 0 Å². The van der Waals surface area contributed by atoms with Crippen LogP contribution in [0.1, 0.15) is 44.9 Å². The Hall–Kier alpha value is -1.57. The molecular weight excluding hydrogens is 262 g/mol. The Bertz CT molecular complexity index is 532. The van der Waals surface area contributed by atoms with Gasteiger partial charge in [-0.05, 0) is 39.8 Å². The number of aliphatic hydroxyl groups is 1. The molecule has 21 heavy (non-hydrogen) atoms. The van der Waals surface area contributed by atoms with Crippen LogP contribution in [-0.2, 0) is 0 Å². The van der Waals surface area contributed by atoms with E-state index in [1.54, 1.807) is 13.0 Å². The lowest BCUT2D eigenvalue weighted by molar-refractivity contribution is 0.128. The van der Waals surface area contributed by atoms with Crippen LogP contribution in [-0.4, -0.2) is 41.7 Å². The zero-order valence-corrected chi connectivity index (χ0v) is 13.4. The molecule has 0 spiro atoms. The second-order valence-corrected chi connectivity index (χ2v) is 6.71. The van der Waals surface area contributed by atoms with E-state index in [4.69, 9.17) is 5.26 Å². The zero-order valence-electron chi connectivity index (χ0n) is 13.4. The quantitative estimate of drug-likeness (QED) is 0.908. The molecule has 0 bridgehead atoms. The second kappa shape index (κ2) is 6.05. The first-order valence-corrected chi connectivity index (χ1v) is 7.55. The first kappa shape index (κ1) is 15.8. The van der Waals surface area contributed by atoms with Crippen LogP contribution < -0.4 is 4.90 Å². The third-order valence-corrected chi connectivity index (χ3v) is 4.18. The summed E-state index contributed by atoms with van der Waals surface area (Å²) in [7, 11) is 0. The summed E-state index contributed by atoms with van der Waals surface area (Å²) >= 11 is 0. The van der Waals surface area contributed by atoms with Gasteiger partial charge in [-0.25, -0.2) is 0 Å². The minimum atomic E-state index is -0.520. The molecule has 0 saturated carbocycles. The van der Waals surface area contributed by atoms with Crippen molar-refractivity contribution in [1.82, 2.24) is 4.90 Å². The van der Waals surface area contributed by atoms with Gasteiger partial charge >= 0.3 is 0 Å². The molecule has 1 aliphatic heterocycles. The van der Waals surface area contributed by atoms with E-state index in [1.165, 1.54) is 0 Å². The van der Waals surface area contributed by atoms with Crippen molar-refractivity contribution in [3.05, 3.63) is 29.3 Å². The molecule has 0 unspecified atom stereocenters. The van der Waals surface area contributed by atoms with E-state index >= 15 is 0 Å². The number of nitriles is 1. The molecule has 0 radical (unpaired) electrons. The monoisotopic (exact) mass is 287 g/mol. The van der Waals surface area contributed by atoms with Gasteiger partial charge in [0.25, 0.3) is 0 Å². The fourth-order valence-corrected chi connectivity index (χ4v) is 2.86. The third-order valence-electron chi connectivity index (χ3n) is 4.18. The molecule has 114 valence electrons. The lowest BCUT2D eigenvalue weighted by Gasteiger charge is -2.43. The number of piperazine rings is 1. The Balaban J connectivity index is 2.21. The molecule has 4 nitrogen and oxygen atoms in total. The van der Waals surface area contributed by atoms with Gasteiger partial charge in [0, 0.05) is 43.0 Å². The van der Waals surface area contributed by atoms with Crippen LogP contribution in [0.3, 0.4) is 0 Å². The Morgan fingerprint density at radius 1 is 1.19 bits per heavy atom. The van der Waals surface area contributed by atoms with Crippen LogP contribution in [0, 0.1) is 11.3 Å². The zero-order chi connectivity index (χ0) is 15.6. The van der Waals surface area contributed by atoms with Gasteiger partial charge in [0.15, 0.2) is 0 Å². The molecule has 0 aromatic heterocycles. The Kier molecular flexibility index (Phi) is 4.55. The smallest absolute Gasteiger partial charge is 0.0992 e. The van der Waals surface area contributed by atoms with Crippen molar-refractivity contribution in [2.75, 3.05) is 31.1 Å². The average Bonchev–Trinajstić information content (AvgIpc) is 2.45. The van der Waals surface area contributed by atoms with E-state index in [2.05, 4.69) is 36.6 Å². The number of anilines is 1. The lowest BCUT2D eigenvalue weighted by atomic mass is 10.0. The van der Waals surface area contributed by atoms with Crippen molar-refractivity contribution in [3.8, 4) is 6.07 Å². The summed E-state index contributed by atoms with van der Waals surface area (Å²) in [4.78, 5) is 4.75. The van der Waals surface area contributed by atoms with Gasteiger partial charge in [0.1, 0.15) is 0 Å². The van der Waals surface area contributed by atoms with E-state index in [9.17, 15) is 5.11 Å². The topological polar surface area (TPSA) is 50.5 Å². The first-order valence-electron chi connectivity index (χ1n) is 7.55. The Morgan fingerprint density at radius 2 is 1.81 bits per heavy atom. The highest BCUT2D eigenvalue weighted by atomic mass is 16.3. The van der Waals surface area contributed by atoms with E-state index < -0.39 is 6.10 Å². The van der Waals surface area contributed by atoms with Gasteiger partial charge in [-0.15, -0.1) is 0 Å². The number of nitrogens with zero attached hydrogens (tertiary/aromatic N) is 3. The maximum absolute atomic E-state index is 9.96. The van der Waals surface area contributed by atoms with Crippen molar-refractivity contribution in [2.45, 2.75) is 39.3 Å². The molecule has 1 saturated heterocycles. The van der Waals surface area contributed by atoms with Crippen molar-refractivity contribution in [1.29, 1.82) is 5.26 Å². The van der Waals surface area contributed by atoms with Crippen LogP contribution in [0.15, 0.2) is 18.2 Å². The number of aliphatic hydroxyl groups excluding tert-OH is 1. The molecule has 1 aromatic carbocycles. The number of rotatable bonds is 2. The van der Waals surface area contributed by atoms with Crippen molar-refractivity contribution >= 4 is 5.69 Å². The maximum Gasteiger partial charge on any atom is 0.0992 e. The summed E-state index contributed by atoms with van der Waals surface area (Å²) in [6.07, 6.45) is -0.520. The van der Waals surface area contributed by atoms with Crippen molar-refractivity contribution < 1.29 is 5.11 Å². The summed E-state index contributed by atoms with van der Waals surface area (Å²) in [6.45, 7) is 12.3. The van der Waals surface area contributed by atoms with Crippen molar-refractivity contribution in [2.24, 2.45) is 0 Å². The van der Waals surface area contributed by atoms with Crippen LogP contribution in [0.2, 0.25) is 0 Å². The molecule has 2 rings (SSSR count). The largest absolute Gasteiger partial charge is 0.389 e. The molecule has 4 heteroatoms. The molecule has 1 fully saturated rings. The van der Waals surface area contributed by atoms with Crippen LogP contribution in [0.5, 0.6) is 0 Å². The van der Waals surface area contributed by atoms with Crippen molar-refractivity contribution in [3.63, 3.8) is 0 Å². The van der Waals surface area contributed by atoms with E-state index in [0.29, 0.717) is 5.56 Å². The van der Waals surface area contributed by atoms with E-state index in [0.717, 1.165) is 37.4 Å². The van der Waals surface area contributed by atoms with E-state index in [1.807, 2.05) is 12.1 Å². The molecule has 1 aliphatic rings. The third kappa shape index (κ3) is 3.55. The maximum atomic E-state index is 9.96. The van der Waals surface area contributed by atoms with Gasteiger partial charge in [-0.3, -0.25) is 4.90 Å². The summed E-state index contributed by atoms with van der Waals surface area (Å²) < 4.78 is 0. The lowest BCUT2D eigenvalue weighted by Crippen LogP contribution is -2.53. The van der Waals surface area contributed by atoms with Gasteiger partial charge < -0.3 is 10.0 Å². The summed E-state index contributed by atoms with van der Waals surface area (Å²) in [6, 6.07) is 7.73. The minimum Gasteiger partial charge on any atom is -0.389 e. The number of hydrogen-bond acceptors (Lipinski definition) is 4. The number of benzene rings is 1. The molecule has 0 aliphatic carbocycles. The fourth-order valence-electron chi connectivity index (χ4n) is 2.86. The summed E-state index contributed by atoms with van der Waals surface area (Å²) in [5.41, 5.74) is 2.73. The molecule has 1 heterocycles. The first-order chi connectivity index (χ1) is 9.82. The predicted octanol–water partition coefficient (Wildman–Crippen LogP) is 2.53. The standard InChI is InChI=1S/C17H25N3O/c1-13(21)15-6-5-14(12-18)11-16(15)19-7-9-20(10-8-19)17(2,3)4/h5-6,11,13,21H,7-10H2,1-4H3/t13-/m0/s1. The predicted molar refractivity (Wildman–Crippen MR) is 85.3 cm³/mol. The Morgan fingerprint density at radius 3 is 2.29 bits per heavy atom. The molecule has 1 N–H and O–H groups in total. The highest BCUT2D eigenvalue weighted by molar-refractivity contribution is 5.58. The summed E-state index contributed by atoms with van der Waals surface area (Å²) in [5.74, 6) is 0. The highest BCUT2D eigenvalue weighted by Crippen LogP contribution is 2.29. The normalized spacial score (nSPS) is 18.4. The molecule has 1 aromatic rings. The second-order valence-electron chi connectivity index (χ2n) is 6.71. The van der Waals surface area contributed by atoms with Crippen LogP contribution in [0.4, 0.5) is 5.69 Å². The van der Waals surface area contributed by atoms with Gasteiger partial charge in [-0.1, -0.05) is 6.07 Å². The number of hydrogen-bond donors (Lipinski definition) is 1. The summed E-state index contributed by atoms with van der Waals surface area (Å²) in [5, 5.41) is 19.1. The van der Waals surface area contributed by atoms with E-state index in [-0.39, 0.29) is 5.54 Å². The van der Waals surface area contributed by atoms with Crippen LogP contribution >= 0.6 is 0 Å². The highest BCUT2D eigenvalue weighted by Gasteiger charge is 2.27. The van der Waals surface area contributed by atoms with Gasteiger partial charge in [0.05, 0.1) is 17.7 Å². The molecule has 0 amide bonds. The van der Waals surface area contributed by atoms with Gasteiger partial charge in [-0.2, -0.15) is 5.26 Å². The minimum absolute atomic E-state index is 0.188. The molecule has 1 atom stereocenters. The SMILES string of the molecule is C[C@H](O)c1ccc(C#N)cc1N1CCN(C(C)(C)C)CC1. The molecular formula is C17H25N3O. The Labute approximate surface area is 127 Å². The van der Waals surface area contributed by atoms with Crippen LogP contribution in [0.25, 0.3) is 0 Å². The fraction of sp³-hybridized carbons (Fsp3) is 0.588.